The van der Waals surface area contributed by atoms with Gasteiger partial charge in [0.25, 0.3) is 0 Å². The number of hydrogen-bond acceptors (Lipinski definition) is 13. The molecular weight excluding hydrogens is 890 g/mol. The highest BCUT2D eigenvalue weighted by Crippen LogP contribution is 2.40. The number of aromatic nitrogens is 2. The first-order valence-corrected chi connectivity index (χ1v) is 25.7. The summed E-state index contributed by atoms with van der Waals surface area (Å²) in [5.74, 6) is 1.53. The van der Waals surface area contributed by atoms with Crippen molar-refractivity contribution in [3.05, 3.63) is 88.1 Å². The van der Waals surface area contributed by atoms with Gasteiger partial charge in [-0.3, -0.25) is 24.6 Å². The average Bonchev–Trinajstić information content (AvgIpc) is 3.71. The van der Waals surface area contributed by atoms with Crippen molar-refractivity contribution in [1.29, 1.82) is 0 Å². The molecule has 0 bridgehead atoms. The molecule has 3 N–H and O–H groups in total. The maximum atomic E-state index is 13.7. The number of carbonyl (C=O) groups is 3. The lowest BCUT2D eigenvalue weighted by atomic mass is 9.85. The quantitative estimate of drug-likeness (QED) is 0.114. The van der Waals surface area contributed by atoms with E-state index in [1.165, 1.54) is 22.9 Å². The Labute approximate surface area is 398 Å². The smallest absolute Gasteiger partial charge is 0.243 e. The summed E-state index contributed by atoms with van der Waals surface area (Å²) in [6.07, 6.45) is 6.39. The molecule has 5 aliphatic rings. The number of para-hydroxylation sites is 1. The van der Waals surface area contributed by atoms with E-state index in [1.807, 2.05) is 13.8 Å². The first kappa shape index (κ1) is 46.8. The maximum absolute atomic E-state index is 13.7. The molecule has 9 rings (SSSR count). The largest absolute Gasteiger partial charge is 0.489 e. The van der Waals surface area contributed by atoms with Gasteiger partial charge in [0.05, 0.1) is 45.8 Å². The molecule has 1 unspecified atom stereocenters. The normalized spacial score (nSPS) is 20.3. The van der Waals surface area contributed by atoms with E-state index in [1.54, 1.807) is 38.1 Å². The monoisotopic (exact) mass is 951 g/mol. The van der Waals surface area contributed by atoms with Crippen LogP contribution in [0.1, 0.15) is 94.4 Å². The minimum Gasteiger partial charge on any atom is -0.489 e. The second-order valence-corrected chi connectivity index (χ2v) is 22.3. The summed E-state index contributed by atoms with van der Waals surface area (Å²) in [4.78, 5) is 56.3. The Morgan fingerprint density at radius 2 is 1.60 bits per heavy atom. The van der Waals surface area contributed by atoms with Crippen molar-refractivity contribution >= 4 is 68.0 Å². The van der Waals surface area contributed by atoms with Gasteiger partial charge in [-0.05, 0) is 144 Å². The van der Waals surface area contributed by atoms with E-state index in [2.05, 4.69) is 82.8 Å². The molecule has 4 saturated heterocycles. The molecule has 17 heteroatoms. The number of halogens is 1. The van der Waals surface area contributed by atoms with Crippen LogP contribution in [0.4, 0.5) is 28.8 Å². The van der Waals surface area contributed by atoms with Crippen molar-refractivity contribution < 1.29 is 27.5 Å². The number of sulfone groups is 1. The lowest BCUT2D eigenvalue weighted by molar-refractivity contribution is -0.139. The number of ether oxygens (including phenoxy) is 1. The average molecular weight is 953 g/mol. The van der Waals surface area contributed by atoms with Crippen LogP contribution in [0.5, 0.6) is 5.75 Å². The van der Waals surface area contributed by atoms with E-state index in [-0.39, 0.29) is 57.5 Å². The van der Waals surface area contributed by atoms with Crippen molar-refractivity contribution in [3.63, 3.8) is 0 Å². The van der Waals surface area contributed by atoms with Crippen molar-refractivity contribution in [3.8, 4) is 5.75 Å². The lowest BCUT2D eigenvalue weighted by Crippen LogP contribution is -2.57. The van der Waals surface area contributed by atoms with Crippen molar-refractivity contribution in [2.24, 2.45) is 5.92 Å². The highest BCUT2D eigenvalue weighted by atomic mass is 35.5. The highest BCUT2D eigenvalue weighted by molar-refractivity contribution is 7.92. The van der Waals surface area contributed by atoms with Gasteiger partial charge in [-0.15, -0.1) is 0 Å². The molecule has 5 aliphatic heterocycles. The molecule has 0 aliphatic carbocycles. The fourth-order valence-electron chi connectivity index (χ4n) is 10.4. The third-order valence-electron chi connectivity index (χ3n) is 14.2. The van der Waals surface area contributed by atoms with Crippen LogP contribution < -0.4 is 25.6 Å². The second kappa shape index (κ2) is 19.4. The number of piperidine rings is 3. The number of nitrogens with zero attached hydrogens (tertiary/aromatic N) is 6. The van der Waals surface area contributed by atoms with Crippen LogP contribution in [0.25, 0.3) is 0 Å². The minimum absolute atomic E-state index is 0.00820. The third kappa shape index (κ3) is 9.99. The Morgan fingerprint density at radius 1 is 0.866 bits per heavy atom. The van der Waals surface area contributed by atoms with Gasteiger partial charge in [-0.2, -0.15) is 4.98 Å². The van der Waals surface area contributed by atoms with Crippen molar-refractivity contribution in [2.75, 3.05) is 54.8 Å². The first-order chi connectivity index (χ1) is 32.1. The maximum Gasteiger partial charge on any atom is 0.243 e. The topological polar surface area (TPSA) is 169 Å². The summed E-state index contributed by atoms with van der Waals surface area (Å²) in [6.45, 7) is 15.9. The summed E-state index contributed by atoms with van der Waals surface area (Å²) >= 11 is 6.54. The van der Waals surface area contributed by atoms with E-state index >= 15 is 0 Å². The summed E-state index contributed by atoms with van der Waals surface area (Å²) < 4.78 is 32.6. The highest BCUT2D eigenvalue weighted by Gasteiger charge is 2.39. The number of carbonyl (C=O) groups excluding carboxylic acids is 3. The van der Waals surface area contributed by atoms with Gasteiger partial charge in [0.15, 0.2) is 15.7 Å². The first-order valence-electron chi connectivity index (χ1n) is 23.8. The van der Waals surface area contributed by atoms with Crippen molar-refractivity contribution in [1.82, 2.24) is 30.0 Å². The van der Waals surface area contributed by atoms with Gasteiger partial charge in [0.1, 0.15) is 10.8 Å². The summed E-state index contributed by atoms with van der Waals surface area (Å²) in [6, 6.07) is 17.7. The zero-order chi connectivity index (χ0) is 47.1. The van der Waals surface area contributed by atoms with Crippen LogP contribution >= 0.6 is 11.6 Å². The Hall–Kier alpha value is -5.29. The SMILES string of the molecule is Cc1cc(Nc2ncc(Cl)c(Nc3ccccc3S(=O)(=O)C(C)C)n2)c(OC(C)C)cc1C1CCN(C2CCN(C(=O)C3CN(c4ccc5c(c4)CN(C4CCC(=O)NC4=O)C5)C3)CC2)CC1. The standard InChI is InChI=1S/C50H62ClN9O6S/c1-30(2)66-44-24-39(32(5)22-42(44)54-50-52-25-40(51)47(56-50)53-41-8-6-7-9-45(41)67(64,65)31(3)4)33-14-18-57(19-15-33)37-16-20-58(21-17-37)49(63)36-28-59(29-36)38-11-10-34-26-60(27-35(34)23-38)43-12-13-46(61)55-48(43)62/h6-11,22-25,30-31,33,36-37,43H,12-21,26-29H2,1-5H3,(H,55,61,62)(H2,52,53,54,56). The molecule has 3 aromatic carbocycles. The third-order valence-corrected chi connectivity index (χ3v) is 16.7. The molecule has 3 amide bonds. The lowest BCUT2D eigenvalue weighted by Gasteiger charge is -2.45. The number of amides is 3. The molecule has 4 aromatic rings. The number of anilines is 5. The molecule has 6 heterocycles. The fourth-order valence-corrected chi connectivity index (χ4v) is 11.8. The van der Waals surface area contributed by atoms with Gasteiger partial charge in [-0.1, -0.05) is 29.8 Å². The van der Waals surface area contributed by atoms with Crippen LogP contribution in [0.3, 0.4) is 0 Å². The molecule has 0 saturated carbocycles. The summed E-state index contributed by atoms with van der Waals surface area (Å²) in [7, 11) is -3.57. The second-order valence-electron chi connectivity index (χ2n) is 19.4. The number of imide groups is 1. The molecule has 4 fully saturated rings. The van der Waals surface area contributed by atoms with Gasteiger partial charge in [0.2, 0.25) is 23.7 Å². The Balaban J connectivity index is 0.768. The molecule has 15 nitrogen and oxygen atoms in total. The Kier molecular flexibility index (Phi) is 13.5. The number of likely N-dealkylation sites (tertiary alicyclic amines) is 2. The van der Waals surface area contributed by atoms with Gasteiger partial charge < -0.3 is 30.1 Å². The van der Waals surface area contributed by atoms with Crippen LogP contribution in [-0.4, -0.2) is 114 Å². The van der Waals surface area contributed by atoms with Crippen LogP contribution in [0.2, 0.25) is 5.02 Å². The predicted molar refractivity (Wildman–Crippen MR) is 260 cm³/mol. The molecule has 356 valence electrons. The minimum atomic E-state index is -3.57. The van der Waals surface area contributed by atoms with E-state index in [0.717, 1.165) is 81.9 Å². The predicted octanol–water partition coefficient (Wildman–Crippen LogP) is 7.32. The molecule has 0 radical (unpaired) electrons. The zero-order valence-electron chi connectivity index (χ0n) is 39.1. The molecule has 1 atom stereocenters. The van der Waals surface area contributed by atoms with E-state index in [4.69, 9.17) is 16.3 Å². The molecular formula is C50H62ClN9O6S. The number of benzene rings is 3. The number of fused-ring (bicyclic) bond motifs is 1. The fraction of sp³-hybridized carbons (Fsp3) is 0.500. The molecule has 67 heavy (non-hydrogen) atoms. The number of hydrogen-bond donors (Lipinski definition) is 3. The van der Waals surface area contributed by atoms with Gasteiger partial charge in [-0.25, -0.2) is 13.4 Å². The van der Waals surface area contributed by atoms with Crippen LogP contribution in [-0.2, 0) is 37.3 Å². The zero-order valence-corrected chi connectivity index (χ0v) is 40.6. The van der Waals surface area contributed by atoms with Gasteiger partial charge >= 0.3 is 0 Å². The number of aryl methyl sites for hydroxylation is 1. The van der Waals surface area contributed by atoms with Crippen LogP contribution in [0.15, 0.2) is 65.7 Å². The number of rotatable bonds is 13. The summed E-state index contributed by atoms with van der Waals surface area (Å²) in [5.41, 5.74) is 7.08. The van der Waals surface area contributed by atoms with Crippen molar-refractivity contribution in [2.45, 2.75) is 120 Å². The van der Waals surface area contributed by atoms with Crippen LogP contribution in [0, 0.1) is 12.8 Å². The number of nitrogens with one attached hydrogen (secondary N) is 3. The molecule has 1 aromatic heterocycles. The Bertz CT molecular complexity index is 2640. The molecule has 0 spiro atoms. The summed E-state index contributed by atoms with van der Waals surface area (Å²) in [5, 5.41) is 8.61. The van der Waals surface area contributed by atoms with E-state index in [9.17, 15) is 22.8 Å². The Morgan fingerprint density at radius 3 is 2.31 bits per heavy atom. The van der Waals surface area contributed by atoms with E-state index in [0.29, 0.717) is 49.3 Å². The van der Waals surface area contributed by atoms with Gasteiger partial charge in [0, 0.05) is 57.4 Å². The van der Waals surface area contributed by atoms with E-state index < -0.39 is 15.1 Å².